The van der Waals surface area contributed by atoms with Crippen molar-refractivity contribution >= 4 is 29.9 Å². The van der Waals surface area contributed by atoms with Crippen molar-refractivity contribution in [2.75, 3.05) is 27.2 Å². The second-order valence-electron chi connectivity index (χ2n) is 5.86. The fourth-order valence-corrected chi connectivity index (χ4v) is 2.92. The molecule has 6 heteroatoms. The Hall–Kier alpha value is -0.890. The van der Waals surface area contributed by atoms with Gasteiger partial charge in [0.2, 0.25) is 0 Å². The Morgan fingerprint density at radius 3 is 2.61 bits per heavy atom. The summed E-state index contributed by atoms with van der Waals surface area (Å²) in [5.74, 6) is 0.523. The molecule has 23 heavy (non-hydrogen) atoms. The quantitative estimate of drug-likeness (QED) is 0.411. The van der Waals surface area contributed by atoms with Crippen molar-refractivity contribution in [1.82, 2.24) is 15.5 Å². The van der Waals surface area contributed by atoms with E-state index in [1.54, 1.807) is 19.2 Å². The van der Waals surface area contributed by atoms with E-state index in [0.717, 1.165) is 19.1 Å². The van der Waals surface area contributed by atoms with E-state index in [2.05, 4.69) is 27.6 Å². The van der Waals surface area contributed by atoms with Crippen molar-refractivity contribution < 1.29 is 4.39 Å². The molecule has 0 spiro atoms. The number of likely N-dealkylation sites (N-methyl/N-ethyl adjacent to an activating group) is 1. The van der Waals surface area contributed by atoms with Crippen LogP contribution < -0.4 is 10.6 Å². The Morgan fingerprint density at radius 1 is 1.26 bits per heavy atom. The highest BCUT2D eigenvalue weighted by Crippen LogP contribution is 2.21. The summed E-state index contributed by atoms with van der Waals surface area (Å²) in [6.07, 6.45) is 5.34. The van der Waals surface area contributed by atoms with Crippen molar-refractivity contribution in [2.45, 2.75) is 38.3 Å². The van der Waals surface area contributed by atoms with Crippen LogP contribution in [0.2, 0.25) is 0 Å². The molecule has 0 amide bonds. The van der Waals surface area contributed by atoms with E-state index in [1.165, 1.54) is 31.7 Å². The summed E-state index contributed by atoms with van der Waals surface area (Å²) in [6.45, 7) is 2.26. The smallest absolute Gasteiger partial charge is 0.191 e. The van der Waals surface area contributed by atoms with Gasteiger partial charge in [0.05, 0.1) is 0 Å². The number of nitrogens with one attached hydrogen (secondary N) is 2. The molecule has 0 atom stereocenters. The van der Waals surface area contributed by atoms with Gasteiger partial charge in [0, 0.05) is 38.3 Å². The van der Waals surface area contributed by atoms with E-state index in [-0.39, 0.29) is 29.8 Å². The first-order valence-corrected chi connectivity index (χ1v) is 8.09. The molecule has 0 bridgehead atoms. The maximum atomic E-state index is 13.6. The summed E-state index contributed by atoms with van der Waals surface area (Å²) < 4.78 is 13.6. The Labute approximate surface area is 156 Å². The average Bonchev–Trinajstić information content (AvgIpc) is 3.06. The van der Waals surface area contributed by atoms with Crippen LogP contribution in [-0.2, 0) is 6.54 Å². The number of hydrogen-bond donors (Lipinski definition) is 2. The standard InChI is InChI=1S/C17H27FN4.HI/c1-19-17(21-13-14-7-3-6-10-16(14)18)20-11-12-22(2)15-8-4-5-9-15;/h3,6-7,10,15H,4-5,8-9,11-13H2,1-2H3,(H2,19,20,21);1H. The summed E-state index contributed by atoms with van der Waals surface area (Å²) in [5, 5.41) is 6.44. The Kier molecular flexibility index (Phi) is 9.47. The predicted molar refractivity (Wildman–Crippen MR) is 105 cm³/mol. The molecule has 1 aromatic carbocycles. The van der Waals surface area contributed by atoms with Crippen LogP contribution in [0.5, 0.6) is 0 Å². The molecule has 2 N–H and O–H groups in total. The van der Waals surface area contributed by atoms with Gasteiger partial charge in [-0.3, -0.25) is 4.99 Å². The molecule has 0 heterocycles. The van der Waals surface area contributed by atoms with Crippen LogP contribution in [0, 0.1) is 5.82 Å². The molecular formula is C17H28FIN4. The van der Waals surface area contributed by atoms with Crippen molar-refractivity contribution in [3.05, 3.63) is 35.6 Å². The summed E-state index contributed by atoms with van der Waals surface area (Å²) in [5.41, 5.74) is 0.647. The lowest BCUT2D eigenvalue weighted by atomic mass is 10.2. The van der Waals surface area contributed by atoms with Crippen LogP contribution >= 0.6 is 24.0 Å². The SMILES string of the molecule is CN=C(NCCN(C)C1CCCC1)NCc1ccccc1F.I. The molecule has 1 fully saturated rings. The van der Waals surface area contributed by atoms with Crippen molar-refractivity contribution in [3.63, 3.8) is 0 Å². The maximum absolute atomic E-state index is 13.6. The minimum atomic E-state index is -0.189. The van der Waals surface area contributed by atoms with Gasteiger partial charge in [-0.1, -0.05) is 31.0 Å². The van der Waals surface area contributed by atoms with E-state index >= 15 is 0 Å². The number of hydrogen-bond acceptors (Lipinski definition) is 2. The summed E-state index contributed by atoms with van der Waals surface area (Å²) >= 11 is 0. The van der Waals surface area contributed by atoms with Crippen LogP contribution in [0.4, 0.5) is 4.39 Å². The van der Waals surface area contributed by atoms with Gasteiger partial charge in [-0.05, 0) is 26.0 Å². The van der Waals surface area contributed by atoms with Crippen molar-refractivity contribution in [1.29, 1.82) is 0 Å². The molecular weight excluding hydrogens is 406 g/mol. The van der Waals surface area contributed by atoms with Gasteiger partial charge in [0.15, 0.2) is 5.96 Å². The lowest BCUT2D eigenvalue weighted by Crippen LogP contribution is -2.42. The van der Waals surface area contributed by atoms with E-state index in [1.807, 2.05) is 6.07 Å². The first kappa shape index (κ1) is 20.2. The fourth-order valence-electron chi connectivity index (χ4n) is 2.92. The van der Waals surface area contributed by atoms with Crippen LogP contribution in [0.3, 0.4) is 0 Å². The van der Waals surface area contributed by atoms with E-state index in [4.69, 9.17) is 0 Å². The van der Waals surface area contributed by atoms with Crippen LogP contribution in [-0.4, -0.2) is 44.1 Å². The topological polar surface area (TPSA) is 39.7 Å². The van der Waals surface area contributed by atoms with Gasteiger partial charge >= 0.3 is 0 Å². The van der Waals surface area contributed by atoms with Crippen molar-refractivity contribution in [3.8, 4) is 0 Å². The van der Waals surface area contributed by atoms with E-state index < -0.39 is 0 Å². The molecule has 1 aromatic rings. The lowest BCUT2D eigenvalue weighted by molar-refractivity contribution is 0.249. The maximum Gasteiger partial charge on any atom is 0.191 e. The molecule has 0 radical (unpaired) electrons. The van der Waals surface area contributed by atoms with E-state index in [9.17, 15) is 4.39 Å². The normalized spacial score (nSPS) is 15.6. The Morgan fingerprint density at radius 2 is 1.96 bits per heavy atom. The fraction of sp³-hybridized carbons (Fsp3) is 0.588. The first-order valence-electron chi connectivity index (χ1n) is 8.09. The second kappa shape index (κ2) is 10.8. The summed E-state index contributed by atoms with van der Waals surface area (Å²) in [6, 6.07) is 7.53. The minimum absolute atomic E-state index is 0. The van der Waals surface area contributed by atoms with E-state index in [0.29, 0.717) is 18.1 Å². The zero-order chi connectivity index (χ0) is 15.8. The summed E-state index contributed by atoms with van der Waals surface area (Å²) in [4.78, 5) is 6.60. The van der Waals surface area contributed by atoms with Crippen LogP contribution in [0.15, 0.2) is 29.3 Å². The van der Waals surface area contributed by atoms with Gasteiger partial charge in [-0.2, -0.15) is 0 Å². The molecule has 130 valence electrons. The van der Waals surface area contributed by atoms with Crippen LogP contribution in [0.1, 0.15) is 31.2 Å². The highest BCUT2D eigenvalue weighted by atomic mass is 127. The predicted octanol–water partition coefficient (Wildman–Crippen LogP) is 2.98. The molecule has 0 aromatic heterocycles. The largest absolute Gasteiger partial charge is 0.355 e. The summed E-state index contributed by atoms with van der Waals surface area (Å²) in [7, 11) is 3.92. The average molecular weight is 434 g/mol. The number of guanidine groups is 1. The third-order valence-electron chi connectivity index (χ3n) is 4.33. The minimum Gasteiger partial charge on any atom is -0.355 e. The highest BCUT2D eigenvalue weighted by molar-refractivity contribution is 14.0. The van der Waals surface area contributed by atoms with Gasteiger partial charge in [0.25, 0.3) is 0 Å². The lowest BCUT2D eigenvalue weighted by Gasteiger charge is -2.24. The molecule has 0 aliphatic heterocycles. The highest BCUT2D eigenvalue weighted by Gasteiger charge is 2.18. The third kappa shape index (κ3) is 6.63. The molecule has 0 saturated heterocycles. The monoisotopic (exact) mass is 434 g/mol. The molecule has 1 aliphatic rings. The first-order chi connectivity index (χ1) is 10.7. The van der Waals surface area contributed by atoms with Gasteiger partial charge in [0.1, 0.15) is 5.82 Å². The Balaban J connectivity index is 0.00000264. The molecule has 0 unspecified atom stereocenters. The number of nitrogens with zero attached hydrogens (tertiary/aromatic N) is 2. The third-order valence-corrected chi connectivity index (χ3v) is 4.33. The zero-order valence-electron chi connectivity index (χ0n) is 14.0. The van der Waals surface area contributed by atoms with Gasteiger partial charge in [-0.25, -0.2) is 4.39 Å². The molecule has 2 rings (SSSR count). The zero-order valence-corrected chi connectivity index (χ0v) is 16.3. The number of halogens is 2. The van der Waals surface area contributed by atoms with Gasteiger partial charge in [-0.15, -0.1) is 24.0 Å². The molecule has 1 aliphatic carbocycles. The molecule has 1 saturated carbocycles. The van der Waals surface area contributed by atoms with Crippen LogP contribution in [0.25, 0.3) is 0 Å². The van der Waals surface area contributed by atoms with Crippen molar-refractivity contribution in [2.24, 2.45) is 4.99 Å². The number of rotatable bonds is 6. The van der Waals surface area contributed by atoms with Gasteiger partial charge < -0.3 is 15.5 Å². The number of aliphatic imine (C=N–C) groups is 1. The Bertz CT molecular complexity index is 489. The molecule has 4 nitrogen and oxygen atoms in total. The second-order valence-corrected chi connectivity index (χ2v) is 5.86. The number of benzene rings is 1.